The molecule has 0 bridgehead atoms. The van der Waals surface area contributed by atoms with Crippen molar-refractivity contribution in [3.05, 3.63) is 29.3 Å². The van der Waals surface area contributed by atoms with Crippen LogP contribution in [-0.4, -0.2) is 62.3 Å². The SMILES string of the molecule is CCC(CC)NCCc1cc(C(=O)OC)ccc1N1C(=O)CCC1(COC(C)=O)COC(C)=O. The van der Waals surface area contributed by atoms with Gasteiger partial charge in [0.25, 0.3) is 0 Å². The summed E-state index contributed by atoms with van der Waals surface area (Å²) in [5, 5.41) is 3.50. The van der Waals surface area contributed by atoms with Gasteiger partial charge in [0.1, 0.15) is 18.8 Å². The molecule has 0 radical (unpaired) electrons. The second-order valence-corrected chi connectivity index (χ2v) is 8.57. The summed E-state index contributed by atoms with van der Waals surface area (Å²) in [6.07, 6.45) is 3.11. The number of amides is 1. The van der Waals surface area contributed by atoms with Gasteiger partial charge in [-0.05, 0) is 56.0 Å². The molecule has 0 aromatic heterocycles. The van der Waals surface area contributed by atoms with Crippen molar-refractivity contribution in [2.45, 2.75) is 71.4 Å². The average Bonchev–Trinajstić information content (AvgIpc) is 3.14. The fourth-order valence-corrected chi connectivity index (χ4v) is 4.24. The van der Waals surface area contributed by atoms with E-state index in [4.69, 9.17) is 14.2 Å². The van der Waals surface area contributed by atoms with Crippen molar-refractivity contribution in [2.24, 2.45) is 0 Å². The molecule has 1 saturated heterocycles. The van der Waals surface area contributed by atoms with Crippen LogP contribution < -0.4 is 10.2 Å². The lowest BCUT2D eigenvalue weighted by molar-refractivity contribution is -0.147. The van der Waals surface area contributed by atoms with Crippen LogP contribution in [0, 0.1) is 0 Å². The minimum atomic E-state index is -1.03. The lowest BCUT2D eigenvalue weighted by atomic mass is 9.95. The topological polar surface area (TPSA) is 111 Å². The van der Waals surface area contributed by atoms with Gasteiger partial charge in [0, 0.05) is 32.0 Å². The average molecular weight is 477 g/mol. The van der Waals surface area contributed by atoms with Crippen LogP contribution in [0.1, 0.15) is 69.3 Å². The van der Waals surface area contributed by atoms with Gasteiger partial charge in [-0.15, -0.1) is 0 Å². The minimum absolute atomic E-state index is 0.106. The number of hydrogen-bond donors (Lipinski definition) is 1. The lowest BCUT2D eigenvalue weighted by Gasteiger charge is -2.38. The summed E-state index contributed by atoms with van der Waals surface area (Å²) >= 11 is 0. The molecule has 1 aliphatic heterocycles. The number of carbonyl (C=O) groups is 4. The molecule has 1 aromatic carbocycles. The van der Waals surface area contributed by atoms with Gasteiger partial charge in [0.05, 0.1) is 12.7 Å². The van der Waals surface area contributed by atoms with Crippen LogP contribution in [0.2, 0.25) is 0 Å². The van der Waals surface area contributed by atoms with Crippen molar-refractivity contribution in [3.63, 3.8) is 0 Å². The minimum Gasteiger partial charge on any atom is -0.465 e. The summed E-state index contributed by atoms with van der Waals surface area (Å²) < 4.78 is 15.5. The predicted octanol–water partition coefficient (Wildman–Crippen LogP) is 2.79. The van der Waals surface area contributed by atoms with E-state index in [1.807, 2.05) is 0 Å². The van der Waals surface area contributed by atoms with Crippen molar-refractivity contribution < 1.29 is 33.4 Å². The molecule has 0 aliphatic carbocycles. The monoisotopic (exact) mass is 476 g/mol. The molecular weight excluding hydrogens is 440 g/mol. The molecule has 1 fully saturated rings. The highest BCUT2D eigenvalue weighted by atomic mass is 16.5. The number of ether oxygens (including phenoxy) is 3. The lowest BCUT2D eigenvalue weighted by Crippen LogP contribution is -2.54. The Hall–Kier alpha value is -2.94. The maximum absolute atomic E-state index is 13.1. The van der Waals surface area contributed by atoms with Gasteiger partial charge in [-0.25, -0.2) is 4.79 Å². The summed E-state index contributed by atoms with van der Waals surface area (Å²) in [6.45, 7) is 7.25. The molecule has 9 heteroatoms. The first kappa shape index (κ1) is 27.3. The molecule has 1 amide bonds. The Labute approximate surface area is 201 Å². The Kier molecular flexibility index (Phi) is 10.0. The van der Waals surface area contributed by atoms with Gasteiger partial charge in [-0.1, -0.05) is 13.8 Å². The van der Waals surface area contributed by atoms with Gasteiger partial charge < -0.3 is 19.5 Å². The van der Waals surface area contributed by atoms with Gasteiger partial charge in [0.15, 0.2) is 0 Å². The number of nitrogens with zero attached hydrogens (tertiary/aromatic N) is 1. The van der Waals surface area contributed by atoms with Crippen molar-refractivity contribution >= 4 is 29.5 Å². The summed E-state index contributed by atoms with van der Waals surface area (Å²) in [6, 6.07) is 5.40. The Balaban J connectivity index is 2.49. The Morgan fingerprint density at radius 2 is 1.71 bits per heavy atom. The number of hydrogen-bond acceptors (Lipinski definition) is 8. The van der Waals surface area contributed by atoms with Gasteiger partial charge in [0.2, 0.25) is 5.91 Å². The molecular formula is C25H36N2O7. The second kappa shape index (κ2) is 12.5. The van der Waals surface area contributed by atoms with Crippen LogP contribution >= 0.6 is 0 Å². The zero-order chi connectivity index (χ0) is 25.3. The van der Waals surface area contributed by atoms with Crippen LogP contribution in [0.4, 0.5) is 5.69 Å². The van der Waals surface area contributed by atoms with Gasteiger partial charge >= 0.3 is 17.9 Å². The normalized spacial score (nSPS) is 14.9. The molecule has 2 rings (SSSR count). The van der Waals surface area contributed by atoms with Crippen LogP contribution in [0.5, 0.6) is 0 Å². The number of rotatable bonds is 12. The van der Waals surface area contributed by atoms with E-state index in [2.05, 4.69) is 19.2 Å². The van der Waals surface area contributed by atoms with Crippen LogP contribution in [-0.2, 0) is 35.0 Å². The molecule has 1 heterocycles. The molecule has 34 heavy (non-hydrogen) atoms. The van der Waals surface area contributed by atoms with E-state index in [0.29, 0.717) is 36.7 Å². The number of carbonyl (C=O) groups excluding carboxylic acids is 4. The van der Waals surface area contributed by atoms with Crippen molar-refractivity contribution in [2.75, 3.05) is 31.8 Å². The highest BCUT2D eigenvalue weighted by molar-refractivity contribution is 5.99. The Bertz CT molecular complexity index is 877. The number of methoxy groups -OCH3 is 1. The molecule has 0 unspecified atom stereocenters. The van der Waals surface area contributed by atoms with Gasteiger partial charge in [-0.2, -0.15) is 0 Å². The number of benzene rings is 1. The summed E-state index contributed by atoms with van der Waals surface area (Å²) in [4.78, 5) is 50.1. The predicted molar refractivity (Wildman–Crippen MR) is 127 cm³/mol. The number of nitrogens with one attached hydrogen (secondary N) is 1. The largest absolute Gasteiger partial charge is 0.465 e. The summed E-state index contributed by atoms with van der Waals surface area (Å²) in [5.74, 6) is -1.62. The molecule has 1 aliphatic rings. The zero-order valence-corrected chi connectivity index (χ0v) is 20.8. The van der Waals surface area contributed by atoms with Crippen LogP contribution in [0.25, 0.3) is 0 Å². The van der Waals surface area contributed by atoms with Crippen molar-refractivity contribution in [1.82, 2.24) is 5.32 Å². The van der Waals surface area contributed by atoms with E-state index >= 15 is 0 Å². The quantitative estimate of drug-likeness (QED) is 0.362. The molecule has 1 aromatic rings. The summed E-state index contributed by atoms with van der Waals surface area (Å²) in [7, 11) is 1.32. The molecule has 188 valence electrons. The first-order valence-electron chi connectivity index (χ1n) is 11.7. The summed E-state index contributed by atoms with van der Waals surface area (Å²) in [5.41, 5.74) is 0.715. The maximum atomic E-state index is 13.1. The third-order valence-electron chi connectivity index (χ3n) is 6.17. The standard InChI is InChI=1S/C25H36N2O7/c1-6-21(7-2)26-13-11-19-14-20(24(31)32-5)8-9-22(19)27-23(30)10-12-25(27,15-33-17(3)28)16-34-18(4)29/h8-9,14,21,26H,6-7,10-13,15-16H2,1-5H3. The fraction of sp³-hybridized carbons (Fsp3) is 0.600. The first-order chi connectivity index (χ1) is 16.2. The molecule has 1 N–H and O–H groups in total. The first-order valence-corrected chi connectivity index (χ1v) is 11.7. The van der Waals surface area contributed by atoms with E-state index in [9.17, 15) is 19.2 Å². The molecule has 0 spiro atoms. The highest BCUT2D eigenvalue weighted by Crippen LogP contribution is 2.38. The van der Waals surface area contributed by atoms with E-state index < -0.39 is 23.4 Å². The highest BCUT2D eigenvalue weighted by Gasteiger charge is 2.49. The molecule has 0 saturated carbocycles. The smallest absolute Gasteiger partial charge is 0.337 e. The fourth-order valence-electron chi connectivity index (χ4n) is 4.24. The third-order valence-corrected chi connectivity index (χ3v) is 6.17. The maximum Gasteiger partial charge on any atom is 0.337 e. The van der Waals surface area contributed by atoms with Gasteiger partial charge in [-0.3, -0.25) is 19.3 Å². The van der Waals surface area contributed by atoms with Crippen LogP contribution in [0.15, 0.2) is 18.2 Å². The Morgan fingerprint density at radius 1 is 1.09 bits per heavy atom. The number of esters is 3. The Morgan fingerprint density at radius 3 is 2.24 bits per heavy atom. The molecule has 0 atom stereocenters. The second-order valence-electron chi connectivity index (χ2n) is 8.57. The van der Waals surface area contributed by atoms with E-state index in [0.717, 1.165) is 18.4 Å². The van der Waals surface area contributed by atoms with E-state index in [-0.39, 0.29) is 25.5 Å². The number of anilines is 1. The van der Waals surface area contributed by atoms with Crippen molar-refractivity contribution in [1.29, 1.82) is 0 Å². The van der Waals surface area contributed by atoms with Crippen LogP contribution in [0.3, 0.4) is 0 Å². The van der Waals surface area contributed by atoms with E-state index in [1.165, 1.54) is 21.0 Å². The molecule has 9 nitrogen and oxygen atoms in total. The third kappa shape index (κ3) is 6.79. The van der Waals surface area contributed by atoms with Crippen molar-refractivity contribution in [3.8, 4) is 0 Å². The zero-order valence-electron chi connectivity index (χ0n) is 20.8. The van der Waals surface area contributed by atoms with E-state index in [1.54, 1.807) is 23.1 Å².